The van der Waals surface area contributed by atoms with Crippen molar-refractivity contribution in [1.29, 1.82) is 0 Å². The van der Waals surface area contributed by atoms with Gasteiger partial charge in [-0.25, -0.2) is 4.68 Å². The van der Waals surface area contributed by atoms with E-state index in [0.717, 1.165) is 4.68 Å². The Kier molecular flexibility index (Phi) is 5.51. The lowest BCUT2D eigenvalue weighted by atomic mass is 10.3. The van der Waals surface area contributed by atoms with E-state index < -0.39 is 0 Å². The molecule has 1 fully saturated rings. The summed E-state index contributed by atoms with van der Waals surface area (Å²) in [6.45, 7) is 1.96. The Labute approximate surface area is 129 Å². The highest BCUT2D eigenvalue weighted by atomic mass is 16.6. The van der Waals surface area contributed by atoms with Crippen LogP contribution in [0.3, 0.4) is 0 Å². The van der Waals surface area contributed by atoms with Crippen molar-refractivity contribution < 1.29 is 14.3 Å². The molecule has 0 aliphatic carbocycles. The molecule has 122 valence electrons. The molecule has 22 heavy (non-hydrogen) atoms. The molecule has 1 unspecified atom stereocenters. The first-order chi connectivity index (χ1) is 10.5. The van der Waals surface area contributed by atoms with Crippen LogP contribution in [-0.4, -0.2) is 74.2 Å². The monoisotopic (exact) mass is 310 g/mol. The van der Waals surface area contributed by atoms with Crippen molar-refractivity contribution >= 4 is 11.6 Å². The topological polar surface area (TPSA) is 76.9 Å². The van der Waals surface area contributed by atoms with Gasteiger partial charge in [-0.15, -0.1) is 0 Å². The second-order valence-corrected chi connectivity index (χ2v) is 5.45. The number of nitrogens with zero attached hydrogens (tertiary/aromatic N) is 4. The molecule has 8 nitrogen and oxygen atoms in total. The Morgan fingerprint density at radius 1 is 1.41 bits per heavy atom. The van der Waals surface area contributed by atoms with Crippen LogP contribution >= 0.6 is 0 Å². The molecule has 1 aromatic heterocycles. The second kappa shape index (κ2) is 7.37. The summed E-state index contributed by atoms with van der Waals surface area (Å²) in [5.41, 5.74) is 0.403. The number of carbonyl (C=O) groups excluding carboxylic acids is 1. The normalized spacial score (nSPS) is 18.0. The number of amides is 1. The molecule has 0 bridgehead atoms. The van der Waals surface area contributed by atoms with Gasteiger partial charge in [0.2, 0.25) is 5.91 Å². The Morgan fingerprint density at radius 3 is 2.77 bits per heavy atom. The summed E-state index contributed by atoms with van der Waals surface area (Å²) >= 11 is 0. The van der Waals surface area contributed by atoms with E-state index in [1.807, 2.05) is 14.1 Å². The highest BCUT2D eigenvalue weighted by molar-refractivity contribution is 5.75. The van der Waals surface area contributed by atoms with Gasteiger partial charge in [-0.2, -0.15) is 5.10 Å². The van der Waals surface area contributed by atoms with Crippen molar-refractivity contribution in [1.82, 2.24) is 14.7 Å². The lowest BCUT2D eigenvalue weighted by Crippen LogP contribution is -2.43. The van der Waals surface area contributed by atoms with Crippen LogP contribution < -0.4 is 10.5 Å². The Hall–Kier alpha value is -1.93. The van der Waals surface area contributed by atoms with Gasteiger partial charge in [0.15, 0.2) is 0 Å². The van der Waals surface area contributed by atoms with Crippen LogP contribution in [-0.2, 0) is 20.8 Å². The van der Waals surface area contributed by atoms with Crippen LogP contribution in [0.25, 0.3) is 0 Å². The average molecular weight is 310 g/mol. The minimum absolute atomic E-state index is 0.0867. The molecule has 1 aliphatic rings. The van der Waals surface area contributed by atoms with Gasteiger partial charge >= 0.3 is 0 Å². The van der Waals surface area contributed by atoms with E-state index in [4.69, 9.17) is 9.47 Å². The van der Waals surface area contributed by atoms with Crippen molar-refractivity contribution in [2.75, 3.05) is 52.4 Å². The highest BCUT2D eigenvalue weighted by Crippen LogP contribution is 2.05. The molecule has 1 aromatic rings. The highest BCUT2D eigenvalue weighted by Gasteiger charge is 2.20. The first-order valence-corrected chi connectivity index (χ1v) is 7.15. The lowest BCUT2D eigenvalue weighted by Gasteiger charge is -2.27. The third-order valence-corrected chi connectivity index (χ3v) is 3.44. The van der Waals surface area contributed by atoms with Crippen LogP contribution in [0.2, 0.25) is 0 Å². The van der Waals surface area contributed by atoms with Gasteiger partial charge in [0, 0.05) is 33.8 Å². The molecule has 0 N–H and O–H groups in total. The Bertz CT molecular complexity index is 566. The molecule has 1 aliphatic heterocycles. The number of aromatic nitrogens is 2. The number of anilines is 1. The smallest absolute Gasteiger partial charge is 0.269 e. The van der Waals surface area contributed by atoms with Gasteiger partial charge in [0.25, 0.3) is 5.56 Å². The van der Waals surface area contributed by atoms with Crippen LogP contribution in [0.4, 0.5) is 5.69 Å². The maximum Gasteiger partial charge on any atom is 0.269 e. The third kappa shape index (κ3) is 4.28. The number of carbonyl (C=O) groups is 1. The Balaban J connectivity index is 1.94. The predicted molar refractivity (Wildman–Crippen MR) is 81.0 cm³/mol. The van der Waals surface area contributed by atoms with E-state index >= 15 is 0 Å². The lowest BCUT2D eigenvalue weighted by molar-refractivity contribution is -0.137. The van der Waals surface area contributed by atoms with Crippen molar-refractivity contribution in [3.63, 3.8) is 0 Å². The van der Waals surface area contributed by atoms with E-state index in [0.29, 0.717) is 32.1 Å². The van der Waals surface area contributed by atoms with Crippen molar-refractivity contribution in [2.24, 2.45) is 0 Å². The molecule has 1 atom stereocenters. The Morgan fingerprint density at radius 2 is 2.18 bits per heavy atom. The van der Waals surface area contributed by atoms with E-state index in [2.05, 4.69) is 5.10 Å². The fourth-order valence-electron chi connectivity index (χ4n) is 2.09. The molecular formula is C14H22N4O4. The molecule has 0 aromatic carbocycles. The predicted octanol–water partition coefficient (Wildman–Crippen LogP) is -0.817. The summed E-state index contributed by atoms with van der Waals surface area (Å²) in [5.74, 6) is -0.193. The largest absolute Gasteiger partial charge is 0.376 e. The molecule has 0 spiro atoms. The number of hydrogen-bond donors (Lipinski definition) is 0. The third-order valence-electron chi connectivity index (χ3n) is 3.44. The van der Waals surface area contributed by atoms with Crippen LogP contribution in [0.5, 0.6) is 0 Å². The number of likely N-dealkylation sites (N-methyl/N-ethyl adjacent to an activating group) is 1. The maximum atomic E-state index is 12.2. The summed E-state index contributed by atoms with van der Waals surface area (Å²) in [7, 11) is 5.33. The zero-order valence-electron chi connectivity index (χ0n) is 13.2. The van der Waals surface area contributed by atoms with Gasteiger partial charge in [-0.3, -0.25) is 9.59 Å². The van der Waals surface area contributed by atoms with E-state index in [1.54, 1.807) is 18.1 Å². The summed E-state index contributed by atoms with van der Waals surface area (Å²) in [6.07, 6.45) is 1.44. The minimum atomic E-state index is -0.301. The standard InChI is InChI=1S/C14H22N4O4/c1-16(2)11-6-13(19)18(15-7-11)9-14(20)17(3)8-12-10-21-4-5-22-12/h6-7,12H,4-5,8-10H2,1-3H3. The zero-order chi connectivity index (χ0) is 16.1. The average Bonchev–Trinajstić information content (AvgIpc) is 2.50. The van der Waals surface area contributed by atoms with Crippen molar-refractivity contribution in [3.8, 4) is 0 Å². The van der Waals surface area contributed by atoms with Crippen LogP contribution in [0, 0.1) is 0 Å². The first-order valence-electron chi connectivity index (χ1n) is 7.15. The fraction of sp³-hybridized carbons (Fsp3) is 0.643. The quantitative estimate of drug-likeness (QED) is 0.707. The molecule has 1 amide bonds. The number of ether oxygens (including phenoxy) is 2. The molecule has 2 heterocycles. The number of hydrogen-bond acceptors (Lipinski definition) is 6. The van der Waals surface area contributed by atoms with Gasteiger partial charge in [0.1, 0.15) is 6.54 Å². The van der Waals surface area contributed by atoms with Gasteiger partial charge < -0.3 is 19.3 Å². The van der Waals surface area contributed by atoms with Gasteiger partial charge in [0.05, 0.1) is 37.8 Å². The van der Waals surface area contributed by atoms with E-state index in [-0.39, 0.29) is 24.1 Å². The first kappa shape index (κ1) is 16.4. The van der Waals surface area contributed by atoms with Crippen LogP contribution in [0.1, 0.15) is 0 Å². The number of rotatable bonds is 5. The summed E-state index contributed by atoms with van der Waals surface area (Å²) in [6, 6.07) is 1.46. The minimum Gasteiger partial charge on any atom is -0.376 e. The summed E-state index contributed by atoms with van der Waals surface area (Å²) in [4.78, 5) is 27.4. The van der Waals surface area contributed by atoms with Gasteiger partial charge in [-0.05, 0) is 0 Å². The molecule has 8 heteroatoms. The fourth-order valence-corrected chi connectivity index (χ4v) is 2.09. The zero-order valence-corrected chi connectivity index (χ0v) is 13.2. The van der Waals surface area contributed by atoms with Crippen LogP contribution in [0.15, 0.2) is 17.1 Å². The summed E-state index contributed by atoms with van der Waals surface area (Å²) in [5, 5.41) is 4.03. The summed E-state index contributed by atoms with van der Waals surface area (Å²) < 4.78 is 12.0. The van der Waals surface area contributed by atoms with E-state index in [9.17, 15) is 9.59 Å². The van der Waals surface area contributed by atoms with E-state index in [1.165, 1.54) is 11.0 Å². The van der Waals surface area contributed by atoms with Gasteiger partial charge in [-0.1, -0.05) is 0 Å². The maximum absolute atomic E-state index is 12.2. The molecule has 1 saturated heterocycles. The van der Waals surface area contributed by atoms with Crippen molar-refractivity contribution in [3.05, 3.63) is 22.6 Å². The SMILES string of the molecule is CN(CC1COCCO1)C(=O)Cn1ncc(N(C)C)cc1=O. The molecule has 2 rings (SSSR count). The second-order valence-electron chi connectivity index (χ2n) is 5.45. The van der Waals surface area contributed by atoms with Crippen molar-refractivity contribution in [2.45, 2.75) is 12.6 Å². The molecular weight excluding hydrogens is 288 g/mol. The molecule has 0 saturated carbocycles. The molecule has 0 radical (unpaired) electrons.